The van der Waals surface area contributed by atoms with Crippen LogP contribution in [0.5, 0.6) is 0 Å². The van der Waals surface area contributed by atoms with Crippen LogP contribution in [0.4, 0.5) is 10.6 Å². The molecule has 2 amide bonds. The molecular formula is C18H25N3O3. The summed E-state index contributed by atoms with van der Waals surface area (Å²) in [4.78, 5) is 31.2. The van der Waals surface area contributed by atoms with E-state index in [1.807, 2.05) is 44.7 Å². The lowest BCUT2D eigenvalue weighted by atomic mass is 9.89. The summed E-state index contributed by atoms with van der Waals surface area (Å²) in [6.07, 6.45) is 2.48. The Labute approximate surface area is 142 Å². The number of pyridine rings is 1. The summed E-state index contributed by atoms with van der Waals surface area (Å²) < 4.78 is 5.53. The van der Waals surface area contributed by atoms with Crippen LogP contribution in [0.3, 0.4) is 0 Å². The van der Waals surface area contributed by atoms with Gasteiger partial charge in [0.1, 0.15) is 11.4 Å². The zero-order valence-electron chi connectivity index (χ0n) is 14.7. The number of anilines is 1. The molecule has 2 bridgehead atoms. The Bertz CT molecular complexity index is 653. The lowest BCUT2D eigenvalue weighted by Crippen LogP contribution is -2.41. The maximum absolute atomic E-state index is 12.7. The third-order valence-electron chi connectivity index (χ3n) is 4.60. The highest BCUT2D eigenvalue weighted by Crippen LogP contribution is 2.42. The molecule has 130 valence electrons. The average molecular weight is 331 g/mol. The van der Waals surface area contributed by atoms with Crippen LogP contribution >= 0.6 is 0 Å². The molecule has 3 heterocycles. The fourth-order valence-electron chi connectivity index (χ4n) is 3.72. The molecule has 6 nitrogen and oxygen atoms in total. The number of nitrogens with zero attached hydrogens (tertiary/aromatic N) is 2. The van der Waals surface area contributed by atoms with Crippen molar-refractivity contribution >= 4 is 17.8 Å². The molecule has 0 aromatic carbocycles. The van der Waals surface area contributed by atoms with Gasteiger partial charge in [0.05, 0.1) is 5.92 Å². The summed E-state index contributed by atoms with van der Waals surface area (Å²) in [6, 6.07) is 5.38. The minimum absolute atomic E-state index is 0.0744. The first-order valence-corrected chi connectivity index (χ1v) is 8.50. The number of amides is 2. The number of hydrogen-bond donors (Lipinski definition) is 1. The summed E-state index contributed by atoms with van der Waals surface area (Å²) >= 11 is 0. The van der Waals surface area contributed by atoms with Gasteiger partial charge in [0, 0.05) is 17.8 Å². The molecule has 2 fully saturated rings. The Hall–Kier alpha value is -2.11. The highest BCUT2D eigenvalue weighted by atomic mass is 16.6. The van der Waals surface area contributed by atoms with Gasteiger partial charge >= 0.3 is 12.0 Å². The number of urea groups is 1. The highest BCUT2D eigenvalue weighted by Gasteiger charge is 2.52. The van der Waals surface area contributed by atoms with E-state index >= 15 is 0 Å². The van der Waals surface area contributed by atoms with E-state index in [4.69, 9.17) is 4.74 Å². The lowest BCUT2D eigenvalue weighted by Gasteiger charge is -2.26. The number of rotatable bonds is 2. The average Bonchev–Trinajstić information content (AvgIpc) is 3.03. The Morgan fingerprint density at radius 2 is 2.04 bits per heavy atom. The molecule has 3 atom stereocenters. The van der Waals surface area contributed by atoms with Crippen molar-refractivity contribution in [1.29, 1.82) is 0 Å². The van der Waals surface area contributed by atoms with Gasteiger partial charge in [-0.15, -0.1) is 0 Å². The summed E-state index contributed by atoms with van der Waals surface area (Å²) in [6.45, 7) is 7.48. The van der Waals surface area contributed by atoms with E-state index in [0.717, 1.165) is 18.5 Å². The summed E-state index contributed by atoms with van der Waals surface area (Å²) in [5.74, 6) is 0.125. The predicted molar refractivity (Wildman–Crippen MR) is 90.6 cm³/mol. The second-order valence-electron chi connectivity index (χ2n) is 7.68. The molecule has 0 radical (unpaired) electrons. The number of carbonyl (C=O) groups excluding carboxylic acids is 2. The normalized spacial score (nSPS) is 25.7. The van der Waals surface area contributed by atoms with E-state index in [0.29, 0.717) is 12.2 Å². The topological polar surface area (TPSA) is 71.5 Å². The zero-order chi connectivity index (χ0) is 17.5. The first kappa shape index (κ1) is 16.7. The predicted octanol–water partition coefficient (Wildman–Crippen LogP) is 3.12. The molecule has 3 rings (SSSR count). The molecule has 1 aromatic rings. The second kappa shape index (κ2) is 6.07. The molecular weight excluding hydrogens is 306 g/mol. The van der Waals surface area contributed by atoms with Crippen LogP contribution in [-0.2, 0) is 9.53 Å². The third-order valence-corrected chi connectivity index (χ3v) is 4.60. The molecule has 2 aliphatic rings. The van der Waals surface area contributed by atoms with Crippen molar-refractivity contribution in [3.63, 3.8) is 0 Å². The molecule has 3 unspecified atom stereocenters. The quantitative estimate of drug-likeness (QED) is 0.845. The van der Waals surface area contributed by atoms with Gasteiger partial charge in [-0.05, 0) is 59.1 Å². The van der Waals surface area contributed by atoms with Crippen LogP contribution in [-0.4, -0.2) is 39.6 Å². The van der Waals surface area contributed by atoms with Crippen molar-refractivity contribution in [2.75, 3.05) is 5.32 Å². The van der Waals surface area contributed by atoms with Crippen molar-refractivity contribution < 1.29 is 14.3 Å². The molecule has 0 aliphatic carbocycles. The van der Waals surface area contributed by atoms with Crippen LogP contribution in [0.15, 0.2) is 18.2 Å². The monoisotopic (exact) mass is 331 g/mol. The molecule has 2 saturated heterocycles. The number of aromatic nitrogens is 1. The number of hydrogen-bond acceptors (Lipinski definition) is 4. The first-order valence-electron chi connectivity index (χ1n) is 8.50. The lowest BCUT2D eigenvalue weighted by molar-refractivity contribution is -0.160. The van der Waals surface area contributed by atoms with Crippen LogP contribution in [0.1, 0.15) is 45.7 Å². The van der Waals surface area contributed by atoms with E-state index in [1.165, 1.54) is 0 Å². The van der Waals surface area contributed by atoms with E-state index in [-0.39, 0.29) is 30.0 Å². The van der Waals surface area contributed by atoms with Crippen molar-refractivity contribution in [3.05, 3.63) is 23.9 Å². The van der Waals surface area contributed by atoms with Gasteiger partial charge in [0.2, 0.25) is 0 Å². The largest absolute Gasteiger partial charge is 0.460 e. The molecule has 1 N–H and O–H groups in total. The summed E-state index contributed by atoms with van der Waals surface area (Å²) in [5, 5.41) is 2.86. The van der Waals surface area contributed by atoms with Crippen LogP contribution in [0, 0.1) is 12.8 Å². The molecule has 24 heavy (non-hydrogen) atoms. The van der Waals surface area contributed by atoms with Crippen molar-refractivity contribution in [2.45, 2.75) is 64.6 Å². The fraction of sp³-hybridized carbons (Fsp3) is 0.611. The van der Waals surface area contributed by atoms with Crippen molar-refractivity contribution in [3.8, 4) is 0 Å². The van der Waals surface area contributed by atoms with Crippen molar-refractivity contribution in [2.24, 2.45) is 5.92 Å². The minimum Gasteiger partial charge on any atom is -0.460 e. The van der Waals surface area contributed by atoms with Crippen molar-refractivity contribution in [1.82, 2.24) is 9.88 Å². The standard InChI is InChI=1S/C18H25N3O3/c1-11-6-5-7-15(19-11)20-17(23)21-12-8-9-14(21)13(10-12)16(22)24-18(2,3)4/h5-7,12-14H,8-10H2,1-4H3,(H,19,20,23). The number of esters is 1. The third kappa shape index (κ3) is 3.37. The number of carbonyl (C=O) groups is 2. The maximum atomic E-state index is 12.7. The smallest absolute Gasteiger partial charge is 0.323 e. The van der Waals surface area contributed by atoms with Gasteiger partial charge in [0.25, 0.3) is 0 Å². The van der Waals surface area contributed by atoms with Gasteiger partial charge < -0.3 is 9.64 Å². The fourth-order valence-corrected chi connectivity index (χ4v) is 3.72. The van der Waals surface area contributed by atoms with Gasteiger partial charge in [-0.1, -0.05) is 6.07 Å². The molecule has 0 spiro atoms. The van der Waals surface area contributed by atoms with Gasteiger partial charge in [0.15, 0.2) is 0 Å². The van der Waals surface area contributed by atoms with E-state index in [9.17, 15) is 9.59 Å². The Morgan fingerprint density at radius 3 is 2.71 bits per heavy atom. The maximum Gasteiger partial charge on any atom is 0.323 e. The van der Waals surface area contributed by atoms with Crippen LogP contribution < -0.4 is 5.32 Å². The number of ether oxygens (including phenoxy) is 1. The first-order chi connectivity index (χ1) is 11.2. The number of fused-ring (bicyclic) bond motifs is 2. The Balaban J connectivity index is 1.69. The molecule has 6 heteroatoms. The van der Waals surface area contributed by atoms with E-state index in [2.05, 4.69) is 10.3 Å². The molecule has 1 aromatic heterocycles. The van der Waals surface area contributed by atoms with Gasteiger partial charge in [-0.2, -0.15) is 0 Å². The van der Waals surface area contributed by atoms with E-state index in [1.54, 1.807) is 6.07 Å². The Kier molecular flexibility index (Phi) is 4.24. The molecule has 2 aliphatic heterocycles. The highest BCUT2D eigenvalue weighted by molar-refractivity contribution is 5.90. The number of nitrogens with one attached hydrogen (secondary N) is 1. The molecule has 0 saturated carbocycles. The number of aryl methyl sites for hydroxylation is 1. The van der Waals surface area contributed by atoms with Gasteiger partial charge in [-0.3, -0.25) is 10.1 Å². The Morgan fingerprint density at radius 1 is 1.29 bits per heavy atom. The van der Waals surface area contributed by atoms with Gasteiger partial charge in [-0.25, -0.2) is 9.78 Å². The van der Waals surface area contributed by atoms with Crippen LogP contribution in [0.2, 0.25) is 0 Å². The SMILES string of the molecule is Cc1cccc(NC(=O)N2C3CCC2C(C(=O)OC(C)(C)C)C3)n1. The van der Waals surface area contributed by atoms with Crippen LogP contribution in [0.25, 0.3) is 0 Å². The second-order valence-corrected chi connectivity index (χ2v) is 7.68. The van der Waals surface area contributed by atoms with E-state index < -0.39 is 5.60 Å². The zero-order valence-corrected chi connectivity index (χ0v) is 14.7. The summed E-state index contributed by atoms with van der Waals surface area (Å²) in [5.41, 5.74) is 0.348. The summed E-state index contributed by atoms with van der Waals surface area (Å²) in [7, 11) is 0. The minimum atomic E-state index is -0.502.